The van der Waals surface area contributed by atoms with Gasteiger partial charge in [-0.3, -0.25) is 0 Å². The highest BCUT2D eigenvalue weighted by Crippen LogP contribution is 2.49. The lowest BCUT2D eigenvalue weighted by atomic mass is 9.86. The van der Waals surface area contributed by atoms with Gasteiger partial charge < -0.3 is 15.1 Å². The molecule has 5 nitrogen and oxygen atoms in total. The van der Waals surface area contributed by atoms with E-state index in [-0.39, 0.29) is 6.03 Å². The van der Waals surface area contributed by atoms with E-state index >= 15 is 0 Å². The van der Waals surface area contributed by atoms with Crippen molar-refractivity contribution in [1.82, 2.24) is 15.6 Å². The Kier molecular flexibility index (Phi) is 4.56. The minimum Gasteiger partial charge on any atom is -0.443 e. The van der Waals surface area contributed by atoms with Crippen LogP contribution in [0.25, 0.3) is 10.8 Å². The van der Waals surface area contributed by atoms with E-state index in [1.807, 2.05) is 17.5 Å². The maximum absolute atomic E-state index is 11.9. The van der Waals surface area contributed by atoms with Crippen molar-refractivity contribution in [3.63, 3.8) is 0 Å². The van der Waals surface area contributed by atoms with Crippen LogP contribution in [0, 0.1) is 17.8 Å². The highest BCUT2D eigenvalue weighted by Gasteiger charge is 2.38. The second-order valence-electron chi connectivity index (χ2n) is 6.95. The lowest BCUT2D eigenvalue weighted by Gasteiger charge is -2.21. The van der Waals surface area contributed by atoms with Crippen LogP contribution in [0.5, 0.6) is 0 Å². The second kappa shape index (κ2) is 6.97. The van der Waals surface area contributed by atoms with Crippen molar-refractivity contribution < 1.29 is 9.21 Å². The predicted molar refractivity (Wildman–Crippen MR) is 93.6 cm³/mol. The Morgan fingerprint density at radius 2 is 2.29 bits per heavy atom. The molecule has 24 heavy (non-hydrogen) atoms. The number of carbonyl (C=O) groups excluding carboxylic acids is 1. The molecule has 2 bridgehead atoms. The molecular formula is C18H23N3O2S. The SMILES string of the molecule is O=C(NCCC1CC2CCC1C2)NCc1coc(-c2cccs2)n1. The van der Waals surface area contributed by atoms with Crippen molar-refractivity contribution in [1.29, 1.82) is 0 Å². The standard InChI is InChI=1S/C18H23N3O2S/c22-18(19-6-5-14-9-12-3-4-13(14)8-12)20-10-15-11-23-17(21-15)16-2-1-7-24-16/h1-2,7,11-14H,3-6,8-10H2,(H2,19,20,22). The Labute approximate surface area is 145 Å². The molecule has 128 valence electrons. The molecule has 2 aromatic heterocycles. The Morgan fingerprint density at radius 1 is 1.33 bits per heavy atom. The summed E-state index contributed by atoms with van der Waals surface area (Å²) >= 11 is 1.59. The number of carbonyl (C=O) groups is 1. The van der Waals surface area contributed by atoms with Crippen LogP contribution >= 0.6 is 11.3 Å². The molecule has 2 aliphatic carbocycles. The van der Waals surface area contributed by atoms with Crippen LogP contribution in [0.4, 0.5) is 4.79 Å². The van der Waals surface area contributed by atoms with Gasteiger partial charge >= 0.3 is 6.03 Å². The molecule has 0 radical (unpaired) electrons. The second-order valence-corrected chi connectivity index (χ2v) is 7.90. The normalized spacial score (nSPS) is 25.1. The first-order valence-corrected chi connectivity index (χ1v) is 9.66. The lowest BCUT2D eigenvalue weighted by Crippen LogP contribution is -2.36. The molecule has 2 saturated carbocycles. The van der Waals surface area contributed by atoms with Gasteiger partial charge in [-0.1, -0.05) is 12.5 Å². The number of aromatic nitrogens is 1. The fourth-order valence-electron chi connectivity index (χ4n) is 4.24. The number of hydrogen-bond donors (Lipinski definition) is 2. The Morgan fingerprint density at radius 3 is 3.04 bits per heavy atom. The third-order valence-electron chi connectivity index (χ3n) is 5.40. The molecule has 0 saturated heterocycles. The molecule has 2 fully saturated rings. The zero-order valence-corrected chi connectivity index (χ0v) is 14.5. The average Bonchev–Trinajstić information content (AvgIpc) is 3.36. The highest BCUT2D eigenvalue weighted by molar-refractivity contribution is 7.13. The molecule has 2 amide bonds. The molecule has 4 rings (SSSR count). The van der Waals surface area contributed by atoms with E-state index in [9.17, 15) is 4.79 Å². The van der Waals surface area contributed by atoms with Crippen LogP contribution in [0.1, 0.15) is 37.8 Å². The minimum atomic E-state index is -0.126. The van der Waals surface area contributed by atoms with E-state index in [1.54, 1.807) is 17.6 Å². The highest BCUT2D eigenvalue weighted by atomic mass is 32.1. The van der Waals surface area contributed by atoms with Gasteiger partial charge in [0.05, 0.1) is 17.1 Å². The molecule has 3 unspecified atom stereocenters. The van der Waals surface area contributed by atoms with E-state index < -0.39 is 0 Å². The number of thiophene rings is 1. The number of rotatable bonds is 6. The summed E-state index contributed by atoms with van der Waals surface area (Å²) in [6, 6.07) is 3.81. The van der Waals surface area contributed by atoms with Crippen LogP contribution in [-0.2, 0) is 6.54 Å². The van der Waals surface area contributed by atoms with Gasteiger partial charge in [0.15, 0.2) is 0 Å². The molecule has 2 N–H and O–H groups in total. The number of amides is 2. The van der Waals surface area contributed by atoms with Crippen LogP contribution in [0.3, 0.4) is 0 Å². The third kappa shape index (κ3) is 3.48. The molecule has 2 aromatic rings. The molecule has 2 heterocycles. The van der Waals surface area contributed by atoms with Crippen molar-refractivity contribution >= 4 is 17.4 Å². The van der Waals surface area contributed by atoms with Gasteiger partial charge in [0.1, 0.15) is 6.26 Å². The smallest absolute Gasteiger partial charge is 0.315 e. The summed E-state index contributed by atoms with van der Waals surface area (Å²) in [5.74, 6) is 3.33. The monoisotopic (exact) mass is 345 g/mol. The minimum absolute atomic E-state index is 0.126. The van der Waals surface area contributed by atoms with Crippen molar-refractivity contribution in [3.8, 4) is 10.8 Å². The predicted octanol–water partition coefficient (Wildman–Crippen LogP) is 4.03. The number of fused-ring (bicyclic) bond motifs is 2. The van der Waals surface area contributed by atoms with Crippen molar-refractivity contribution in [2.45, 2.75) is 38.6 Å². The molecular weight excluding hydrogens is 322 g/mol. The molecule has 6 heteroatoms. The van der Waals surface area contributed by atoms with E-state index in [0.29, 0.717) is 12.4 Å². The maximum atomic E-state index is 11.9. The molecule has 0 spiro atoms. The number of oxazole rings is 1. The van der Waals surface area contributed by atoms with Crippen LogP contribution < -0.4 is 10.6 Å². The van der Waals surface area contributed by atoms with Crippen LogP contribution in [-0.4, -0.2) is 17.6 Å². The van der Waals surface area contributed by atoms with Crippen molar-refractivity contribution in [2.75, 3.05) is 6.54 Å². The summed E-state index contributed by atoms with van der Waals surface area (Å²) in [4.78, 5) is 17.3. The number of nitrogens with zero attached hydrogens (tertiary/aromatic N) is 1. The van der Waals surface area contributed by atoms with Crippen molar-refractivity contribution in [2.24, 2.45) is 17.8 Å². The summed E-state index contributed by atoms with van der Waals surface area (Å²) in [5.41, 5.74) is 0.738. The van der Waals surface area contributed by atoms with E-state index in [4.69, 9.17) is 4.42 Å². The summed E-state index contributed by atoms with van der Waals surface area (Å²) in [7, 11) is 0. The third-order valence-corrected chi connectivity index (χ3v) is 6.26. The van der Waals surface area contributed by atoms with Gasteiger partial charge in [0, 0.05) is 6.54 Å². The van der Waals surface area contributed by atoms with E-state index in [0.717, 1.165) is 41.3 Å². The molecule has 3 atom stereocenters. The van der Waals surface area contributed by atoms with Gasteiger partial charge in [0.25, 0.3) is 0 Å². The fraction of sp³-hybridized carbons (Fsp3) is 0.556. The number of hydrogen-bond acceptors (Lipinski definition) is 4. The summed E-state index contributed by atoms with van der Waals surface area (Å²) in [6.07, 6.45) is 8.35. The zero-order chi connectivity index (χ0) is 16.4. The Balaban J connectivity index is 1.17. The van der Waals surface area contributed by atoms with Gasteiger partial charge in [-0.05, 0) is 54.9 Å². The van der Waals surface area contributed by atoms with Gasteiger partial charge in [-0.2, -0.15) is 0 Å². The average molecular weight is 345 g/mol. The Hall–Kier alpha value is -1.82. The van der Waals surface area contributed by atoms with Crippen molar-refractivity contribution in [3.05, 3.63) is 29.5 Å². The topological polar surface area (TPSA) is 67.2 Å². The van der Waals surface area contributed by atoms with E-state index in [1.165, 1.54) is 25.7 Å². The molecule has 0 aromatic carbocycles. The summed E-state index contributed by atoms with van der Waals surface area (Å²) < 4.78 is 5.45. The first-order valence-electron chi connectivity index (χ1n) is 8.78. The maximum Gasteiger partial charge on any atom is 0.315 e. The first-order chi connectivity index (χ1) is 11.8. The summed E-state index contributed by atoms with van der Waals surface area (Å²) in [6.45, 7) is 1.15. The van der Waals surface area contributed by atoms with Gasteiger partial charge in [-0.15, -0.1) is 11.3 Å². The first kappa shape index (κ1) is 15.7. The number of nitrogens with one attached hydrogen (secondary N) is 2. The fourth-order valence-corrected chi connectivity index (χ4v) is 4.89. The summed E-state index contributed by atoms with van der Waals surface area (Å²) in [5, 5.41) is 7.80. The zero-order valence-electron chi connectivity index (χ0n) is 13.7. The van der Waals surface area contributed by atoms with Crippen LogP contribution in [0.2, 0.25) is 0 Å². The van der Waals surface area contributed by atoms with Gasteiger partial charge in [0.2, 0.25) is 5.89 Å². The number of urea groups is 1. The molecule has 0 aliphatic heterocycles. The van der Waals surface area contributed by atoms with Crippen LogP contribution in [0.15, 0.2) is 28.2 Å². The largest absolute Gasteiger partial charge is 0.443 e. The Bertz CT molecular complexity index is 682. The van der Waals surface area contributed by atoms with Gasteiger partial charge in [-0.25, -0.2) is 9.78 Å². The molecule has 2 aliphatic rings. The quantitative estimate of drug-likeness (QED) is 0.830. The van der Waals surface area contributed by atoms with E-state index in [2.05, 4.69) is 15.6 Å². The lowest BCUT2D eigenvalue weighted by molar-refractivity contribution is 0.237.